The van der Waals surface area contributed by atoms with Crippen molar-refractivity contribution < 1.29 is 9.18 Å². The van der Waals surface area contributed by atoms with Crippen molar-refractivity contribution in [1.29, 1.82) is 0 Å². The van der Waals surface area contributed by atoms with Gasteiger partial charge in [-0.1, -0.05) is 0 Å². The molecule has 1 nitrogen and oxygen atoms in total. The van der Waals surface area contributed by atoms with Crippen molar-refractivity contribution in [2.45, 2.75) is 50.6 Å². The summed E-state index contributed by atoms with van der Waals surface area (Å²) in [5.41, 5.74) is -1.61. The van der Waals surface area contributed by atoms with E-state index in [0.717, 1.165) is 0 Å². The summed E-state index contributed by atoms with van der Waals surface area (Å²) in [5, 5.41) is 0. The number of rotatable bonds is 1. The molecule has 0 aromatic heterocycles. The average molecular weight is 207 g/mol. The van der Waals surface area contributed by atoms with Crippen molar-refractivity contribution >= 4 is 17.4 Å². The Balaban J connectivity index is 2.67. The molecule has 0 amide bonds. The lowest BCUT2D eigenvalue weighted by Crippen LogP contribution is -2.41. The minimum atomic E-state index is -1.61. The van der Waals surface area contributed by atoms with Gasteiger partial charge in [0.2, 0.25) is 0 Å². The van der Waals surface area contributed by atoms with Gasteiger partial charge in [-0.05, 0) is 39.5 Å². The third-order valence-electron chi connectivity index (χ3n) is 2.95. The summed E-state index contributed by atoms with van der Waals surface area (Å²) in [6.07, 6.45) is 1.30. The zero-order chi connectivity index (χ0) is 10.3. The highest BCUT2D eigenvalue weighted by molar-refractivity contribution is 6.23. The fourth-order valence-corrected chi connectivity index (χ4v) is 1.90. The molecular formula is C10H16ClFO. The SMILES string of the molecule is CC(C)(Cl)[C@@H]1CC[C@](C)(F)C(=O)C1. The Morgan fingerprint density at radius 2 is 2.15 bits per heavy atom. The van der Waals surface area contributed by atoms with E-state index < -0.39 is 10.5 Å². The Labute approximate surface area is 83.6 Å². The number of alkyl halides is 2. The maximum absolute atomic E-state index is 13.4. The molecule has 1 saturated carbocycles. The highest BCUT2D eigenvalue weighted by atomic mass is 35.5. The van der Waals surface area contributed by atoms with E-state index in [1.54, 1.807) is 0 Å². The van der Waals surface area contributed by atoms with E-state index >= 15 is 0 Å². The molecule has 2 atom stereocenters. The predicted octanol–water partition coefficient (Wildman–Crippen LogP) is 3.10. The Morgan fingerprint density at radius 3 is 2.54 bits per heavy atom. The van der Waals surface area contributed by atoms with Crippen molar-refractivity contribution in [3.63, 3.8) is 0 Å². The van der Waals surface area contributed by atoms with Crippen molar-refractivity contribution in [2.75, 3.05) is 0 Å². The van der Waals surface area contributed by atoms with Crippen LogP contribution in [0.4, 0.5) is 4.39 Å². The molecule has 13 heavy (non-hydrogen) atoms. The van der Waals surface area contributed by atoms with Gasteiger partial charge in [0.15, 0.2) is 11.5 Å². The summed E-state index contributed by atoms with van der Waals surface area (Å²) in [7, 11) is 0. The average Bonchev–Trinajstić information content (AvgIpc) is 1.92. The van der Waals surface area contributed by atoms with E-state index in [0.29, 0.717) is 12.8 Å². The highest BCUT2D eigenvalue weighted by Gasteiger charge is 2.42. The van der Waals surface area contributed by atoms with E-state index in [-0.39, 0.29) is 18.1 Å². The van der Waals surface area contributed by atoms with Crippen LogP contribution in [-0.4, -0.2) is 16.3 Å². The number of hydrogen-bond donors (Lipinski definition) is 0. The molecule has 1 aliphatic rings. The van der Waals surface area contributed by atoms with Crippen LogP contribution >= 0.6 is 11.6 Å². The van der Waals surface area contributed by atoms with Gasteiger partial charge in [-0.15, -0.1) is 11.6 Å². The molecule has 0 heterocycles. The summed E-state index contributed by atoms with van der Waals surface area (Å²) in [4.78, 5) is 10.9. The normalized spacial score (nSPS) is 36.4. The molecule has 0 bridgehead atoms. The third kappa shape index (κ3) is 2.43. The zero-order valence-corrected chi connectivity index (χ0v) is 9.12. The van der Waals surface area contributed by atoms with Crippen molar-refractivity contribution in [2.24, 2.45) is 5.92 Å². The monoisotopic (exact) mass is 206 g/mol. The lowest BCUT2D eigenvalue weighted by molar-refractivity contribution is -0.134. The highest BCUT2D eigenvalue weighted by Crippen LogP contribution is 2.39. The fourth-order valence-electron chi connectivity index (χ4n) is 1.71. The third-order valence-corrected chi connectivity index (χ3v) is 3.25. The molecule has 0 saturated heterocycles. The van der Waals surface area contributed by atoms with E-state index in [9.17, 15) is 9.18 Å². The molecule has 1 fully saturated rings. The molecule has 0 aliphatic heterocycles. The lowest BCUT2D eigenvalue weighted by atomic mass is 9.75. The van der Waals surface area contributed by atoms with Gasteiger partial charge in [0, 0.05) is 11.3 Å². The number of hydrogen-bond acceptors (Lipinski definition) is 1. The van der Waals surface area contributed by atoms with Gasteiger partial charge in [0.05, 0.1) is 0 Å². The van der Waals surface area contributed by atoms with Crippen LogP contribution in [0, 0.1) is 5.92 Å². The molecule has 76 valence electrons. The molecule has 1 rings (SSSR count). The Kier molecular flexibility index (Phi) is 2.73. The van der Waals surface area contributed by atoms with Crippen LogP contribution in [0.1, 0.15) is 40.0 Å². The molecule has 0 N–H and O–H groups in total. The number of Topliss-reactive ketones (excluding diaryl/α,β-unsaturated/α-hetero) is 1. The summed E-state index contributed by atoms with van der Waals surface area (Å²) >= 11 is 6.10. The van der Waals surface area contributed by atoms with Crippen LogP contribution in [-0.2, 0) is 4.79 Å². The minimum absolute atomic E-state index is 0.116. The summed E-state index contributed by atoms with van der Waals surface area (Å²) in [5.74, 6) is -0.178. The predicted molar refractivity (Wildman–Crippen MR) is 51.8 cm³/mol. The van der Waals surface area contributed by atoms with Crippen LogP contribution < -0.4 is 0 Å². The molecule has 3 heteroatoms. The van der Waals surface area contributed by atoms with E-state index in [4.69, 9.17) is 11.6 Å². The first-order valence-electron chi connectivity index (χ1n) is 4.64. The topological polar surface area (TPSA) is 17.1 Å². The summed E-state index contributed by atoms with van der Waals surface area (Å²) < 4.78 is 13.4. The van der Waals surface area contributed by atoms with Gasteiger partial charge in [-0.3, -0.25) is 4.79 Å². The number of carbonyl (C=O) groups excluding carboxylic acids is 1. The summed E-state index contributed by atoms with van der Waals surface area (Å²) in [6.45, 7) is 5.13. The van der Waals surface area contributed by atoms with Crippen LogP contribution in [0.3, 0.4) is 0 Å². The van der Waals surface area contributed by atoms with Crippen LogP contribution in [0.25, 0.3) is 0 Å². The Morgan fingerprint density at radius 1 is 1.62 bits per heavy atom. The minimum Gasteiger partial charge on any atom is -0.296 e. The standard InChI is InChI=1S/C10H16ClFO/c1-9(2,11)7-4-5-10(3,12)8(13)6-7/h7H,4-6H2,1-3H3/t7-,10+/m1/s1. The van der Waals surface area contributed by atoms with Gasteiger partial charge in [0.25, 0.3) is 0 Å². The molecule has 0 aromatic rings. The molecule has 0 radical (unpaired) electrons. The maximum atomic E-state index is 13.4. The molecule has 0 aromatic carbocycles. The molecule has 0 unspecified atom stereocenters. The zero-order valence-electron chi connectivity index (χ0n) is 8.36. The quantitative estimate of drug-likeness (QED) is 0.603. The second-order valence-corrected chi connectivity index (χ2v) is 5.60. The van der Waals surface area contributed by atoms with E-state index in [2.05, 4.69) is 0 Å². The van der Waals surface area contributed by atoms with Crippen LogP contribution in [0.15, 0.2) is 0 Å². The number of halogens is 2. The van der Waals surface area contributed by atoms with Crippen LogP contribution in [0.5, 0.6) is 0 Å². The van der Waals surface area contributed by atoms with Gasteiger partial charge >= 0.3 is 0 Å². The number of ketones is 1. The fraction of sp³-hybridized carbons (Fsp3) is 0.900. The first kappa shape index (κ1) is 11.0. The Hall–Kier alpha value is -0.110. The van der Waals surface area contributed by atoms with Crippen LogP contribution in [0.2, 0.25) is 0 Å². The molecule has 1 aliphatic carbocycles. The second-order valence-electron chi connectivity index (χ2n) is 4.62. The smallest absolute Gasteiger partial charge is 0.170 e. The molecular weight excluding hydrogens is 191 g/mol. The molecule has 0 spiro atoms. The van der Waals surface area contributed by atoms with Gasteiger partial charge in [0.1, 0.15) is 0 Å². The van der Waals surface area contributed by atoms with Gasteiger partial charge < -0.3 is 0 Å². The largest absolute Gasteiger partial charge is 0.296 e. The van der Waals surface area contributed by atoms with Gasteiger partial charge in [-0.2, -0.15) is 0 Å². The lowest BCUT2D eigenvalue weighted by Gasteiger charge is -2.35. The van der Waals surface area contributed by atoms with Crippen molar-refractivity contribution in [3.8, 4) is 0 Å². The number of carbonyl (C=O) groups is 1. The van der Waals surface area contributed by atoms with E-state index in [1.807, 2.05) is 13.8 Å². The van der Waals surface area contributed by atoms with E-state index in [1.165, 1.54) is 6.92 Å². The maximum Gasteiger partial charge on any atom is 0.170 e. The first-order valence-corrected chi connectivity index (χ1v) is 5.02. The van der Waals surface area contributed by atoms with Crippen molar-refractivity contribution in [1.82, 2.24) is 0 Å². The first-order chi connectivity index (χ1) is 5.73. The summed E-state index contributed by atoms with van der Waals surface area (Å²) in [6, 6.07) is 0. The Bertz CT molecular complexity index is 217. The van der Waals surface area contributed by atoms with Crippen molar-refractivity contribution in [3.05, 3.63) is 0 Å². The van der Waals surface area contributed by atoms with Gasteiger partial charge in [-0.25, -0.2) is 4.39 Å². The second kappa shape index (κ2) is 3.23.